The highest BCUT2D eigenvalue weighted by Crippen LogP contribution is 2.22. The van der Waals surface area contributed by atoms with Gasteiger partial charge in [-0.05, 0) is 36.4 Å². The number of hydrogen-bond donors (Lipinski definition) is 2. The molecule has 128 valence electrons. The van der Waals surface area contributed by atoms with Crippen molar-refractivity contribution in [3.05, 3.63) is 72.3 Å². The molecule has 0 saturated heterocycles. The van der Waals surface area contributed by atoms with Gasteiger partial charge >= 0.3 is 0 Å². The maximum absolute atomic E-state index is 12.8. The summed E-state index contributed by atoms with van der Waals surface area (Å²) < 4.78 is 0. The van der Waals surface area contributed by atoms with Crippen molar-refractivity contribution in [2.45, 2.75) is 0 Å². The van der Waals surface area contributed by atoms with Gasteiger partial charge in [-0.1, -0.05) is 24.8 Å². The molecule has 2 aromatic carbocycles. The Balaban J connectivity index is 2.33. The van der Waals surface area contributed by atoms with E-state index in [1.54, 1.807) is 62.6 Å². The van der Waals surface area contributed by atoms with E-state index >= 15 is 0 Å². The number of hydrogen-bond acceptors (Lipinski definition) is 3. The summed E-state index contributed by atoms with van der Waals surface area (Å²) in [6.45, 7) is 3.40. The van der Waals surface area contributed by atoms with Crippen molar-refractivity contribution < 1.29 is 14.4 Å². The van der Waals surface area contributed by atoms with Crippen LogP contribution in [-0.4, -0.2) is 31.8 Å². The Kier molecular flexibility index (Phi) is 5.68. The number of nitrogens with one attached hydrogen (secondary N) is 2. The number of rotatable bonds is 5. The van der Waals surface area contributed by atoms with E-state index in [0.29, 0.717) is 22.5 Å². The molecule has 0 unspecified atom stereocenters. The average Bonchev–Trinajstić information content (AvgIpc) is 2.66. The number of carbonyl (C=O) groups excluding carboxylic acids is 3. The van der Waals surface area contributed by atoms with Crippen molar-refractivity contribution in [1.29, 1.82) is 0 Å². The predicted octanol–water partition coefficient (Wildman–Crippen LogP) is 2.45. The Morgan fingerprint density at radius 2 is 1.80 bits per heavy atom. The molecule has 0 bridgehead atoms. The molecule has 6 nitrogen and oxygen atoms in total. The molecule has 2 rings (SSSR count). The zero-order chi connectivity index (χ0) is 18.4. The fourth-order valence-corrected chi connectivity index (χ4v) is 2.26. The van der Waals surface area contributed by atoms with Gasteiger partial charge in [0.1, 0.15) is 0 Å². The quantitative estimate of drug-likeness (QED) is 0.823. The van der Waals surface area contributed by atoms with Crippen molar-refractivity contribution in [3.63, 3.8) is 0 Å². The van der Waals surface area contributed by atoms with Crippen LogP contribution in [0.2, 0.25) is 0 Å². The molecule has 0 heterocycles. The Morgan fingerprint density at radius 3 is 2.48 bits per heavy atom. The van der Waals surface area contributed by atoms with Crippen LogP contribution in [0.1, 0.15) is 20.7 Å². The monoisotopic (exact) mass is 337 g/mol. The molecule has 0 atom stereocenters. The van der Waals surface area contributed by atoms with Gasteiger partial charge in [-0.25, -0.2) is 0 Å². The molecule has 0 saturated carbocycles. The van der Waals surface area contributed by atoms with Gasteiger partial charge < -0.3 is 15.5 Å². The SMILES string of the molecule is C=CC(=O)Nc1ccccc1C(=O)N(C)c1cccc(C(=O)NC)c1. The van der Waals surface area contributed by atoms with E-state index in [1.165, 1.54) is 4.90 Å². The Labute approximate surface area is 146 Å². The summed E-state index contributed by atoms with van der Waals surface area (Å²) in [7, 11) is 3.15. The van der Waals surface area contributed by atoms with E-state index in [9.17, 15) is 14.4 Å². The smallest absolute Gasteiger partial charge is 0.260 e. The molecular weight excluding hydrogens is 318 g/mol. The Bertz CT molecular complexity index is 830. The third kappa shape index (κ3) is 4.11. The van der Waals surface area contributed by atoms with Crippen LogP contribution >= 0.6 is 0 Å². The highest BCUT2D eigenvalue weighted by molar-refractivity contribution is 6.12. The minimum absolute atomic E-state index is 0.235. The Hall–Kier alpha value is -3.41. The van der Waals surface area contributed by atoms with E-state index in [4.69, 9.17) is 0 Å². The molecule has 0 aliphatic rings. The summed E-state index contributed by atoms with van der Waals surface area (Å²) in [4.78, 5) is 37.6. The molecule has 0 fully saturated rings. The lowest BCUT2D eigenvalue weighted by Gasteiger charge is -2.20. The van der Waals surface area contributed by atoms with Crippen molar-refractivity contribution in [2.24, 2.45) is 0 Å². The highest BCUT2D eigenvalue weighted by Gasteiger charge is 2.18. The molecule has 2 aromatic rings. The van der Waals surface area contributed by atoms with E-state index in [-0.39, 0.29) is 11.8 Å². The van der Waals surface area contributed by atoms with E-state index in [1.807, 2.05) is 0 Å². The highest BCUT2D eigenvalue weighted by atomic mass is 16.2. The van der Waals surface area contributed by atoms with Gasteiger partial charge in [-0.15, -0.1) is 0 Å². The molecule has 25 heavy (non-hydrogen) atoms. The summed E-state index contributed by atoms with van der Waals surface area (Å²) in [5.74, 6) is -0.945. The molecule has 0 radical (unpaired) electrons. The number of para-hydroxylation sites is 1. The number of anilines is 2. The van der Waals surface area contributed by atoms with Gasteiger partial charge in [-0.3, -0.25) is 14.4 Å². The molecule has 0 aliphatic heterocycles. The Morgan fingerprint density at radius 1 is 1.08 bits per heavy atom. The summed E-state index contributed by atoms with van der Waals surface area (Å²) in [5, 5.41) is 5.16. The largest absolute Gasteiger partial charge is 0.355 e. The van der Waals surface area contributed by atoms with Crippen LogP contribution in [0.4, 0.5) is 11.4 Å². The minimum Gasteiger partial charge on any atom is -0.355 e. The first-order valence-corrected chi connectivity index (χ1v) is 7.60. The molecule has 2 N–H and O–H groups in total. The minimum atomic E-state index is -0.399. The molecule has 0 spiro atoms. The lowest BCUT2D eigenvalue weighted by Crippen LogP contribution is -2.28. The number of benzene rings is 2. The first-order valence-electron chi connectivity index (χ1n) is 7.60. The van der Waals surface area contributed by atoms with Crippen LogP contribution in [-0.2, 0) is 4.79 Å². The second kappa shape index (κ2) is 7.92. The lowest BCUT2D eigenvalue weighted by atomic mass is 10.1. The number of amides is 3. The topological polar surface area (TPSA) is 78.5 Å². The predicted molar refractivity (Wildman–Crippen MR) is 97.8 cm³/mol. The fourth-order valence-electron chi connectivity index (χ4n) is 2.26. The normalized spacial score (nSPS) is 9.84. The van der Waals surface area contributed by atoms with Crippen molar-refractivity contribution in [1.82, 2.24) is 5.32 Å². The first-order chi connectivity index (χ1) is 12.0. The number of carbonyl (C=O) groups is 3. The van der Waals surface area contributed by atoms with Crippen LogP contribution in [0.3, 0.4) is 0 Å². The molecule has 0 aromatic heterocycles. The van der Waals surface area contributed by atoms with Gasteiger partial charge in [-0.2, -0.15) is 0 Å². The first kappa shape index (κ1) is 17.9. The van der Waals surface area contributed by atoms with Crippen LogP contribution in [0.15, 0.2) is 61.2 Å². The molecular formula is C19H19N3O3. The van der Waals surface area contributed by atoms with Crippen molar-refractivity contribution in [2.75, 3.05) is 24.3 Å². The van der Waals surface area contributed by atoms with Gasteiger partial charge in [0.05, 0.1) is 11.3 Å². The summed E-state index contributed by atoms with van der Waals surface area (Å²) in [6, 6.07) is 13.4. The van der Waals surface area contributed by atoms with Crippen LogP contribution in [0.5, 0.6) is 0 Å². The molecule has 3 amide bonds. The maximum atomic E-state index is 12.8. The van der Waals surface area contributed by atoms with E-state index in [0.717, 1.165) is 6.08 Å². The van der Waals surface area contributed by atoms with Crippen molar-refractivity contribution >= 4 is 29.1 Å². The van der Waals surface area contributed by atoms with E-state index < -0.39 is 5.91 Å². The van der Waals surface area contributed by atoms with Gasteiger partial charge in [0, 0.05) is 25.3 Å². The van der Waals surface area contributed by atoms with Crippen LogP contribution in [0.25, 0.3) is 0 Å². The maximum Gasteiger partial charge on any atom is 0.260 e. The lowest BCUT2D eigenvalue weighted by molar-refractivity contribution is -0.111. The van der Waals surface area contributed by atoms with E-state index in [2.05, 4.69) is 17.2 Å². The zero-order valence-corrected chi connectivity index (χ0v) is 14.1. The third-order valence-electron chi connectivity index (χ3n) is 3.63. The van der Waals surface area contributed by atoms with Gasteiger partial charge in [0.25, 0.3) is 11.8 Å². The van der Waals surface area contributed by atoms with Crippen LogP contribution in [0, 0.1) is 0 Å². The van der Waals surface area contributed by atoms with Gasteiger partial charge in [0.15, 0.2) is 0 Å². The molecule has 6 heteroatoms. The molecule has 0 aliphatic carbocycles. The average molecular weight is 337 g/mol. The standard InChI is InChI=1S/C19H19N3O3/c1-4-17(23)21-16-11-6-5-10-15(16)19(25)22(3)14-9-7-8-13(12-14)18(24)20-2/h4-12H,1H2,2-3H3,(H,20,24)(H,21,23). The fraction of sp³-hybridized carbons (Fsp3) is 0.105. The van der Waals surface area contributed by atoms with Crippen molar-refractivity contribution in [3.8, 4) is 0 Å². The summed E-state index contributed by atoms with van der Waals surface area (Å²) in [6.07, 6.45) is 1.14. The second-order valence-corrected chi connectivity index (χ2v) is 5.23. The van der Waals surface area contributed by atoms with Gasteiger partial charge in [0.2, 0.25) is 5.91 Å². The second-order valence-electron chi connectivity index (χ2n) is 5.23. The van der Waals surface area contributed by atoms with Crippen LogP contribution < -0.4 is 15.5 Å². The number of nitrogens with zero attached hydrogens (tertiary/aromatic N) is 1. The summed E-state index contributed by atoms with van der Waals surface area (Å²) in [5.41, 5.74) is 1.75. The third-order valence-corrected chi connectivity index (χ3v) is 3.63. The zero-order valence-electron chi connectivity index (χ0n) is 14.1. The summed E-state index contributed by atoms with van der Waals surface area (Å²) >= 11 is 0.